The van der Waals surface area contributed by atoms with Crippen molar-refractivity contribution in [1.29, 1.82) is 0 Å². The van der Waals surface area contributed by atoms with Gasteiger partial charge in [-0.25, -0.2) is 0 Å². The lowest BCUT2D eigenvalue weighted by molar-refractivity contribution is -0.0129. The molecule has 8 heteroatoms. The molecule has 1 aromatic carbocycles. The lowest BCUT2D eigenvalue weighted by atomic mass is 9.95. The maximum absolute atomic E-state index is 13.1. The molecular formula is C22H29N3O4S. The minimum Gasteiger partial charge on any atom is -0.488 e. The van der Waals surface area contributed by atoms with Crippen LogP contribution in [0.3, 0.4) is 0 Å². The third kappa shape index (κ3) is 4.50. The van der Waals surface area contributed by atoms with Crippen molar-refractivity contribution >= 4 is 17.7 Å². The molecule has 7 nitrogen and oxygen atoms in total. The standard InChI is InChI=1S/C22H29N3O4S/c1-16-19(17(2)29-24-16)13-28-20-6-4-3-5-18(20)21(26)23-14-22(7-12-30-15-22)25-8-10-27-11-9-25/h3-6H,7-15H2,1-2H3,(H,23,26). The van der Waals surface area contributed by atoms with E-state index in [0.29, 0.717) is 24.5 Å². The van der Waals surface area contributed by atoms with Gasteiger partial charge in [0.05, 0.1) is 30.0 Å². The number of nitrogens with one attached hydrogen (secondary N) is 1. The molecule has 1 amide bonds. The van der Waals surface area contributed by atoms with Crippen molar-refractivity contribution in [2.75, 3.05) is 44.4 Å². The highest BCUT2D eigenvalue weighted by Gasteiger charge is 2.41. The Bertz CT molecular complexity index is 854. The highest BCUT2D eigenvalue weighted by molar-refractivity contribution is 7.99. The molecule has 0 radical (unpaired) electrons. The van der Waals surface area contributed by atoms with Gasteiger partial charge in [0.25, 0.3) is 5.91 Å². The highest BCUT2D eigenvalue weighted by Crippen LogP contribution is 2.34. The van der Waals surface area contributed by atoms with E-state index in [9.17, 15) is 4.79 Å². The lowest BCUT2D eigenvalue weighted by Gasteiger charge is -2.43. The first-order chi connectivity index (χ1) is 14.6. The largest absolute Gasteiger partial charge is 0.488 e. The monoisotopic (exact) mass is 431 g/mol. The summed E-state index contributed by atoms with van der Waals surface area (Å²) >= 11 is 1.96. The Morgan fingerprint density at radius 2 is 2.10 bits per heavy atom. The molecule has 0 spiro atoms. The van der Waals surface area contributed by atoms with Crippen LogP contribution in [-0.2, 0) is 11.3 Å². The van der Waals surface area contributed by atoms with Crippen LogP contribution in [0.5, 0.6) is 5.75 Å². The zero-order valence-electron chi connectivity index (χ0n) is 17.6. The second-order valence-electron chi connectivity index (χ2n) is 7.90. The van der Waals surface area contributed by atoms with Gasteiger partial charge in [0.15, 0.2) is 0 Å². The molecule has 2 aliphatic rings. The number of thioether (sulfide) groups is 1. The Morgan fingerprint density at radius 1 is 1.30 bits per heavy atom. The van der Waals surface area contributed by atoms with E-state index in [0.717, 1.165) is 61.2 Å². The molecule has 1 aromatic heterocycles. The summed E-state index contributed by atoms with van der Waals surface area (Å²) in [4.78, 5) is 15.6. The van der Waals surface area contributed by atoms with Gasteiger partial charge in [-0.3, -0.25) is 9.69 Å². The van der Waals surface area contributed by atoms with Crippen LogP contribution >= 0.6 is 11.8 Å². The van der Waals surface area contributed by atoms with E-state index in [1.165, 1.54) is 0 Å². The number of rotatable bonds is 7. The van der Waals surface area contributed by atoms with Gasteiger partial charge in [-0.2, -0.15) is 11.8 Å². The van der Waals surface area contributed by atoms with Gasteiger partial charge < -0.3 is 19.3 Å². The minimum absolute atomic E-state index is 0.0105. The predicted octanol–water partition coefficient (Wildman–Crippen LogP) is 2.81. The van der Waals surface area contributed by atoms with E-state index < -0.39 is 0 Å². The molecule has 30 heavy (non-hydrogen) atoms. The number of para-hydroxylation sites is 1. The summed E-state index contributed by atoms with van der Waals surface area (Å²) in [7, 11) is 0. The third-order valence-corrected chi connectivity index (χ3v) is 7.26. The fraction of sp³-hybridized carbons (Fsp3) is 0.545. The van der Waals surface area contributed by atoms with Crippen LogP contribution in [0.25, 0.3) is 0 Å². The Labute approximate surface area is 181 Å². The molecular weight excluding hydrogens is 402 g/mol. The van der Waals surface area contributed by atoms with Crippen molar-refractivity contribution < 1.29 is 18.8 Å². The number of hydrogen-bond acceptors (Lipinski definition) is 7. The van der Waals surface area contributed by atoms with Gasteiger partial charge >= 0.3 is 0 Å². The first kappa shape index (κ1) is 21.2. The number of aryl methyl sites for hydroxylation is 2. The molecule has 162 valence electrons. The average Bonchev–Trinajstić information content (AvgIpc) is 3.39. The van der Waals surface area contributed by atoms with Gasteiger partial charge in [-0.15, -0.1) is 0 Å². The number of hydrogen-bond donors (Lipinski definition) is 1. The number of ether oxygens (including phenoxy) is 2. The maximum Gasteiger partial charge on any atom is 0.255 e. The van der Waals surface area contributed by atoms with Crippen LogP contribution in [0.15, 0.2) is 28.8 Å². The molecule has 1 atom stereocenters. The average molecular weight is 432 g/mol. The smallest absolute Gasteiger partial charge is 0.255 e. The molecule has 4 rings (SSSR count). The number of carbonyl (C=O) groups is 1. The zero-order chi connectivity index (χ0) is 21.0. The minimum atomic E-state index is -0.103. The molecule has 2 aliphatic heterocycles. The topological polar surface area (TPSA) is 76.8 Å². The van der Waals surface area contributed by atoms with Crippen molar-refractivity contribution in [2.24, 2.45) is 0 Å². The lowest BCUT2D eigenvalue weighted by Crippen LogP contribution is -2.59. The van der Waals surface area contributed by atoms with Crippen LogP contribution in [0.4, 0.5) is 0 Å². The number of nitrogens with zero attached hydrogens (tertiary/aromatic N) is 2. The van der Waals surface area contributed by atoms with E-state index in [4.69, 9.17) is 14.0 Å². The molecule has 1 N–H and O–H groups in total. The van der Waals surface area contributed by atoms with E-state index in [2.05, 4.69) is 15.4 Å². The molecule has 2 fully saturated rings. The molecule has 0 aliphatic carbocycles. The van der Waals surface area contributed by atoms with Gasteiger partial charge in [0.2, 0.25) is 0 Å². The first-order valence-corrected chi connectivity index (χ1v) is 11.6. The summed E-state index contributed by atoms with van der Waals surface area (Å²) in [6.45, 7) is 8.08. The summed E-state index contributed by atoms with van der Waals surface area (Å²) in [6.07, 6.45) is 1.09. The van der Waals surface area contributed by atoms with Gasteiger partial charge in [-0.05, 0) is 38.2 Å². The van der Waals surface area contributed by atoms with Crippen LogP contribution in [0.2, 0.25) is 0 Å². The third-order valence-electron chi connectivity index (χ3n) is 6.03. The fourth-order valence-electron chi connectivity index (χ4n) is 4.11. The molecule has 0 saturated carbocycles. The number of morpholine rings is 1. The van der Waals surface area contributed by atoms with Crippen molar-refractivity contribution in [3.8, 4) is 5.75 Å². The normalized spacial score (nSPS) is 22.2. The first-order valence-electron chi connectivity index (χ1n) is 10.4. The zero-order valence-corrected chi connectivity index (χ0v) is 18.4. The molecule has 0 bridgehead atoms. The van der Waals surface area contributed by atoms with Crippen LogP contribution in [0, 0.1) is 13.8 Å². The number of aromatic nitrogens is 1. The predicted molar refractivity (Wildman–Crippen MR) is 116 cm³/mol. The van der Waals surface area contributed by atoms with E-state index >= 15 is 0 Å². The van der Waals surface area contributed by atoms with E-state index in [1.807, 2.05) is 49.9 Å². The summed E-state index contributed by atoms with van der Waals surface area (Å²) in [5.74, 6) is 3.37. The van der Waals surface area contributed by atoms with Crippen LogP contribution < -0.4 is 10.1 Å². The van der Waals surface area contributed by atoms with E-state index in [1.54, 1.807) is 0 Å². The Balaban J connectivity index is 1.43. The van der Waals surface area contributed by atoms with Crippen molar-refractivity contribution in [3.63, 3.8) is 0 Å². The number of amides is 1. The van der Waals surface area contributed by atoms with Crippen LogP contribution in [0.1, 0.15) is 33.8 Å². The highest BCUT2D eigenvalue weighted by atomic mass is 32.2. The second-order valence-corrected chi connectivity index (χ2v) is 9.00. The van der Waals surface area contributed by atoms with Crippen LogP contribution in [-0.4, -0.2) is 65.9 Å². The van der Waals surface area contributed by atoms with Gasteiger partial charge in [0, 0.05) is 30.9 Å². The Kier molecular flexibility index (Phi) is 6.65. The SMILES string of the molecule is Cc1noc(C)c1COc1ccccc1C(=O)NCC1(N2CCOCC2)CCSC1. The number of carbonyl (C=O) groups excluding carboxylic acids is 1. The Morgan fingerprint density at radius 3 is 2.80 bits per heavy atom. The molecule has 3 heterocycles. The van der Waals surface area contributed by atoms with Crippen molar-refractivity contribution in [2.45, 2.75) is 32.4 Å². The summed E-state index contributed by atoms with van der Waals surface area (Å²) in [5, 5.41) is 7.15. The summed E-state index contributed by atoms with van der Waals surface area (Å²) < 4.78 is 16.7. The molecule has 2 aromatic rings. The fourth-order valence-corrected chi connectivity index (χ4v) is 5.59. The molecule has 2 saturated heterocycles. The second kappa shape index (κ2) is 9.41. The van der Waals surface area contributed by atoms with E-state index in [-0.39, 0.29) is 11.4 Å². The Hall–Kier alpha value is -2.03. The van der Waals surface area contributed by atoms with Gasteiger partial charge in [0.1, 0.15) is 18.1 Å². The quantitative estimate of drug-likeness (QED) is 0.722. The van der Waals surface area contributed by atoms with Gasteiger partial charge in [-0.1, -0.05) is 17.3 Å². The summed E-state index contributed by atoms with van der Waals surface area (Å²) in [6, 6.07) is 7.38. The number of benzene rings is 1. The van der Waals surface area contributed by atoms with Crippen molar-refractivity contribution in [1.82, 2.24) is 15.4 Å². The molecule has 1 unspecified atom stereocenters. The van der Waals surface area contributed by atoms with Crippen molar-refractivity contribution in [3.05, 3.63) is 46.8 Å². The summed E-state index contributed by atoms with van der Waals surface area (Å²) in [5.41, 5.74) is 2.28. The maximum atomic E-state index is 13.1.